The van der Waals surface area contributed by atoms with Gasteiger partial charge in [-0.25, -0.2) is 4.98 Å². The van der Waals surface area contributed by atoms with Crippen LogP contribution >= 0.6 is 27.5 Å². The Hall–Kier alpha value is -0.320. The summed E-state index contributed by atoms with van der Waals surface area (Å²) >= 11 is 9.39. The summed E-state index contributed by atoms with van der Waals surface area (Å²) in [6.07, 6.45) is 1.70. The Bertz CT molecular complexity index is 364. The van der Waals surface area contributed by atoms with E-state index in [1.165, 1.54) is 0 Å². The van der Waals surface area contributed by atoms with Crippen LogP contribution in [0.2, 0.25) is 5.02 Å². The van der Waals surface area contributed by atoms with Crippen molar-refractivity contribution in [3.8, 4) is 0 Å². The standard InChI is InChI=1S/C11H15BrClN3/c1-2-15-3-5-16(6-4-15)11-10(12)7-9(13)8-14-11/h7-8H,2-6H2,1H3. The highest BCUT2D eigenvalue weighted by Crippen LogP contribution is 2.27. The van der Waals surface area contributed by atoms with Crippen molar-refractivity contribution < 1.29 is 0 Å². The van der Waals surface area contributed by atoms with E-state index in [4.69, 9.17) is 11.6 Å². The molecule has 2 rings (SSSR count). The first kappa shape index (κ1) is 12.1. The molecule has 2 heterocycles. The maximum Gasteiger partial charge on any atom is 0.143 e. The number of aromatic nitrogens is 1. The third-order valence-corrected chi connectivity index (χ3v) is 3.70. The molecule has 0 aliphatic carbocycles. The van der Waals surface area contributed by atoms with Gasteiger partial charge in [0.25, 0.3) is 0 Å². The molecule has 1 aliphatic heterocycles. The summed E-state index contributed by atoms with van der Waals surface area (Å²) in [5.74, 6) is 1.00. The zero-order valence-corrected chi connectivity index (χ0v) is 11.6. The van der Waals surface area contributed by atoms with Crippen LogP contribution < -0.4 is 4.90 Å². The van der Waals surface area contributed by atoms with E-state index in [0.29, 0.717) is 5.02 Å². The number of rotatable bonds is 2. The summed E-state index contributed by atoms with van der Waals surface area (Å²) in [5, 5.41) is 0.669. The largest absolute Gasteiger partial charge is 0.353 e. The van der Waals surface area contributed by atoms with Gasteiger partial charge in [0.15, 0.2) is 0 Å². The predicted molar refractivity (Wildman–Crippen MR) is 71.3 cm³/mol. The smallest absolute Gasteiger partial charge is 0.143 e. The second kappa shape index (κ2) is 5.34. The highest BCUT2D eigenvalue weighted by Gasteiger charge is 2.18. The van der Waals surface area contributed by atoms with Gasteiger partial charge in [-0.3, -0.25) is 0 Å². The quantitative estimate of drug-likeness (QED) is 0.837. The fourth-order valence-electron chi connectivity index (χ4n) is 1.92. The predicted octanol–water partition coefficient (Wildman–Crippen LogP) is 2.64. The first-order chi connectivity index (χ1) is 7.70. The lowest BCUT2D eigenvalue weighted by molar-refractivity contribution is 0.270. The second-order valence-corrected chi connectivity index (χ2v) is 5.17. The monoisotopic (exact) mass is 303 g/mol. The van der Waals surface area contributed by atoms with Crippen molar-refractivity contribution in [2.24, 2.45) is 0 Å². The number of piperazine rings is 1. The van der Waals surface area contributed by atoms with E-state index in [-0.39, 0.29) is 0 Å². The van der Waals surface area contributed by atoms with Crippen LogP contribution in [-0.2, 0) is 0 Å². The maximum atomic E-state index is 5.88. The lowest BCUT2D eigenvalue weighted by atomic mass is 10.3. The van der Waals surface area contributed by atoms with Crippen molar-refractivity contribution >= 4 is 33.3 Å². The van der Waals surface area contributed by atoms with Crippen molar-refractivity contribution in [2.45, 2.75) is 6.92 Å². The lowest BCUT2D eigenvalue weighted by Gasteiger charge is -2.35. The molecule has 0 bridgehead atoms. The molecule has 0 amide bonds. The number of pyridine rings is 1. The SMILES string of the molecule is CCN1CCN(c2ncc(Cl)cc2Br)CC1. The molecule has 0 saturated carbocycles. The molecular weight excluding hydrogens is 289 g/mol. The van der Waals surface area contributed by atoms with Crippen LogP contribution in [0.1, 0.15) is 6.92 Å². The van der Waals surface area contributed by atoms with E-state index in [9.17, 15) is 0 Å². The molecule has 1 fully saturated rings. The van der Waals surface area contributed by atoms with Crippen molar-refractivity contribution in [3.63, 3.8) is 0 Å². The minimum absolute atomic E-state index is 0.669. The molecule has 1 aromatic rings. The minimum atomic E-state index is 0.669. The molecule has 1 aromatic heterocycles. The topological polar surface area (TPSA) is 19.4 Å². The highest BCUT2D eigenvalue weighted by molar-refractivity contribution is 9.10. The summed E-state index contributed by atoms with van der Waals surface area (Å²) in [7, 11) is 0. The van der Waals surface area contributed by atoms with Gasteiger partial charge in [0.1, 0.15) is 5.82 Å². The van der Waals surface area contributed by atoms with Gasteiger partial charge in [0.05, 0.1) is 9.50 Å². The number of anilines is 1. The van der Waals surface area contributed by atoms with Crippen molar-refractivity contribution in [2.75, 3.05) is 37.6 Å². The molecule has 0 atom stereocenters. The van der Waals surface area contributed by atoms with E-state index in [0.717, 1.165) is 43.0 Å². The third kappa shape index (κ3) is 2.67. The van der Waals surface area contributed by atoms with Gasteiger partial charge in [-0.05, 0) is 28.5 Å². The summed E-state index contributed by atoms with van der Waals surface area (Å²) in [5.41, 5.74) is 0. The minimum Gasteiger partial charge on any atom is -0.353 e. The molecule has 0 unspecified atom stereocenters. The summed E-state index contributed by atoms with van der Waals surface area (Å²) < 4.78 is 0.977. The fraction of sp³-hybridized carbons (Fsp3) is 0.545. The molecule has 0 radical (unpaired) electrons. The Morgan fingerprint density at radius 1 is 1.38 bits per heavy atom. The second-order valence-electron chi connectivity index (χ2n) is 3.88. The van der Waals surface area contributed by atoms with Crippen molar-refractivity contribution in [1.82, 2.24) is 9.88 Å². The summed E-state index contributed by atoms with van der Waals surface area (Å²) in [4.78, 5) is 9.12. The Balaban J connectivity index is 2.08. The Kier molecular flexibility index (Phi) is 4.05. The van der Waals surface area contributed by atoms with Crippen LogP contribution in [0.15, 0.2) is 16.7 Å². The normalized spacial score (nSPS) is 17.8. The average molecular weight is 305 g/mol. The molecule has 1 aliphatic rings. The molecule has 1 saturated heterocycles. The summed E-state index contributed by atoms with van der Waals surface area (Å²) in [6, 6.07) is 1.90. The van der Waals surface area contributed by atoms with Crippen LogP contribution in [0.4, 0.5) is 5.82 Å². The Morgan fingerprint density at radius 2 is 2.06 bits per heavy atom. The number of hydrogen-bond acceptors (Lipinski definition) is 3. The van der Waals surface area contributed by atoms with Gasteiger partial charge in [-0.1, -0.05) is 18.5 Å². The number of likely N-dealkylation sites (N-methyl/N-ethyl adjacent to an activating group) is 1. The van der Waals surface area contributed by atoms with E-state index < -0.39 is 0 Å². The number of hydrogen-bond donors (Lipinski definition) is 0. The zero-order chi connectivity index (χ0) is 11.5. The van der Waals surface area contributed by atoms with Gasteiger partial charge in [-0.15, -0.1) is 0 Å². The van der Waals surface area contributed by atoms with Crippen LogP contribution in [0.25, 0.3) is 0 Å². The molecular formula is C11H15BrClN3. The molecule has 0 aromatic carbocycles. The molecule has 0 spiro atoms. The Morgan fingerprint density at radius 3 is 2.62 bits per heavy atom. The maximum absolute atomic E-state index is 5.88. The van der Waals surface area contributed by atoms with Gasteiger partial charge in [0.2, 0.25) is 0 Å². The zero-order valence-electron chi connectivity index (χ0n) is 9.29. The van der Waals surface area contributed by atoms with Crippen molar-refractivity contribution in [1.29, 1.82) is 0 Å². The molecule has 0 N–H and O–H groups in total. The molecule has 5 heteroatoms. The first-order valence-corrected chi connectivity index (χ1v) is 6.66. The van der Waals surface area contributed by atoms with Crippen LogP contribution in [0.3, 0.4) is 0 Å². The number of halogens is 2. The van der Waals surface area contributed by atoms with E-state index >= 15 is 0 Å². The average Bonchev–Trinajstić information content (AvgIpc) is 2.29. The summed E-state index contributed by atoms with van der Waals surface area (Å²) in [6.45, 7) is 7.60. The van der Waals surface area contributed by atoms with Crippen LogP contribution in [0.5, 0.6) is 0 Å². The molecule has 88 valence electrons. The van der Waals surface area contributed by atoms with Crippen LogP contribution in [0, 0.1) is 0 Å². The highest BCUT2D eigenvalue weighted by atomic mass is 79.9. The van der Waals surface area contributed by atoms with E-state index in [1.807, 2.05) is 6.07 Å². The van der Waals surface area contributed by atoms with Gasteiger partial charge < -0.3 is 9.80 Å². The van der Waals surface area contributed by atoms with E-state index in [2.05, 4.69) is 37.6 Å². The van der Waals surface area contributed by atoms with Gasteiger partial charge in [0, 0.05) is 32.4 Å². The fourth-order valence-corrected chi connectivity index (χ4v) is 2.81. The first-order valence-electron chi connectivity index (χ1n) is 5.49. The molecule has 3 nitrogen and oxygen atoms in total. The van der Waals surface area contributed by atoms with Crippen molar-refractivity contribution in [3.05, 3.63) is 21.8 Å². The lowest BCUT2D eigenvalue weighted by Crippen LogP contribution is -2.46. The van der Waals surface area contributed by atoms with E-state index in [1.54, 1.807) is 6.20 Å². The Labute approximate surface area is 110 Å². The third-order valence-electron chi connectivity index (χ3n) is 2.91. The van der Waals surface area contributed by atoms with Gasteiger partial charge in [-0.2, -0.15) is 0 Å². The van der Waals surface area contributed by atoms with Crippen LogP contribution in [-0.4, -0.2) is 42.6 Å². The molecule has 16 heavy (non-hydrogen) atoms. The van der Waals surface area contributed by atoms with Gasteiger partial charge >= 0.3 is 0 Å². The number of nitrogens with zero attached hydrogens (tertiary/aromatic N) is 3.